The number of benzene rings is 1. The highest BCUT2D eigenvalue weighted by Crippen LogP contribution is 2.21. The van der Waals surface area contributed by atoms with Crippen molar-refractivity contribution < 1.29 is 9.59 Å². The highest BCUT2D eigenvalue weighted by molar-refractivity contribution is 5.82. The molecule has 2 amide bonds. The zero-order valence-electron chi connectivity index (χ0n) is 16.1. The number of nitrogens with zero attached hydrogens (tertiary/aromatic N) is 2. The summed E-state index contributed by atoms with van der Waals surface area (Å²) in [6.07, 6.45) is 1.86. The first-order valence-electron chi connectivity index (χ1n) is 9.12. The van der Waals surface area contributed by atoms with Crippen LogP contribution in [0.25, 0.3) is 0 Å². The Kier molecular flexibility index (Phi) is 6.59. The maximum atomic E-state index is 12.7. The predicted molar refractivity (Wildman–Crippen MR) is 100 cm³/mol. The van der Waals surface area contributed by atoms with Crippen LogP contribution < -0.4 is 5.32 Å². The van der Waals surface area contributed by atoms with E-state index in [1.54, 1.807) is 19.0 Å². The van der Waals surface area contributed by atoms with Gasteiger partial charge in [-0.1, -0.05) is 24.3 Å². The van der Waals surface area contributed by atoms with E-state index in [1.165, 1.54) is 5.56 Å². The number of hydrogen-bond acceptors (Lipinski definition) is 3. The van der Waals surface area contributed by atoms with Gasteiger partial charge in [0.05, 0.1) is 18.0 Å². The molecule has 1 heterocycles. The van der Waals surface area contributed by atoms with Crippen molar-refractivity contribution in [2.45, 2.75) is 45.7 Å². The summed E-state index contributed by atoms with van der Waals surface area (Å²) >= 11 is 0. The summed E-state index contributed by atoms with van der Waals surface area (Å²) in [6, 6.07) is 7.85. The minimum Gasteiger partial charge on any atom is -0.349 e. The van der Waals surface area contributed by atoms with Gasteiger partial charge in [0.1, 0.15) is 0 Å². The van der Waals surface area contributed by atoms with Crippen LogP contribution in [0, 0.1) is 12.8 Å². The predicted octanol–water partition coefficient (Wildman–Crippen LogP) is 2.36. The third-order valence-electron chi connectivity index (χ3n) is 5.18. The molecule has 1 N–H and O–H groups in total. The van der Waals surface area contributed by atoms with Crippen LogP contribution in [0.4, 0.5) is 0 Å². The first-order chi connectivity index (χ1) is 11.8. The van der Waals surface area contributed by atoms with Gasteiger partial charge in [0.15, 0.2) is 0 Å². The molecule has 1 aliphatic heterocycles. The number of piperidine rings is 1. The second-order valence-electron chi connectivity index (χ2n) is 7.33. The molecule has 1 saturated heterocycles. The lowest BCUT2D eigenvalue weighted by atomic mass is 9.95. The normalized spacial score (nSPS) is 20.6. The van der Waals surface area contributed by atoms with Gasteiger partial charge >= 0.3 is 0 Å². The van der Waals surface area contributed by atoms with Crippen LogP contribution in [0.3, 0.4) is 0 Å². The molecule has 0 aliphatic carbocycles. The minimum absolute atomic E-state index is 0.00667. The molecule has 0 bridgehead atoms. The number of carbonyl (C=O) groups is 2. The quantitative estimate of drug-likeness (QED) is 0.891. The maximum absolute atomic E-state index is 12.7. The first kappa shape index (κ1) is 19.4. The van der Waals surface area contributed by atoms with Crippen LogP contribution in [-0.4, -0.2) is 54.8 Å². The van der Waals surface area contributed by atoms with E-state index in [4.69, 9.17) is 0 Å². The van der Waals surface area contributed by atoms with Crippen LogP contribution >= 0.6 is 0 Å². The molecule has 0 spiro atoms. The Morgan fingerprint density at radius 3 is 2.56 bits per heavy atom. The Bertz CT molecular complexity index is 615. The van der Waals surface area contributed by atoms with Crippen molar-refractivity contribution in [3.63, 3.8) is 0 Å². The fourth-order valence-corrected chi connectivity index (χ4v) is 3.58. The van der Waals surface area contributed by atoms with Crippen LogP contribution in [0.2, 0.25) is 0 Å². The van der Waals surface area contributed by atoms with Crippen LogP contribution in [0.15, 0.2) is 24.3 Å². The highest BCUT2D eigenvalue weighted by Gasteiger charge is 2.31. The van der Waals surface area contributed by atoms with Crippen molar-refractivity contribution >= 4 is 11.8 Å². The van der Waals surface area contributed by atoms with Crippen molar-refractivity contribution in [3.05, 3.63) is 35.4 Å². The van der Waals surface area contributed by atoms with Gasteiger partial charge < -0.3 is 10.2 Å². The van der Waals surface area contributed by atoms with E-state index < -0.39 is 0 Å². The molecule has 1 aliphatic rings. The van der Waals surface area contributed by atoms with Gasteiger partial charge in [0.2, 0.25) is 11.8 Å². The molecule has 3 atom stereocenters. The molecule has 3 unspecified atom stereocenters. The number of amides is 2. The fourth-order valence-electron chi connectivity index (χ4n) is 3.58. The first-order valence-corrected chi connectivity index (χ1v) is 9.12. The van der Waals surface area contributed by atoms with Crippen molar-refractivity contribution in [1.29, 1.82) is 0 Å². The van der Waals surface area contributed by atoms with Gasteiger partial charge in [-0.05, 0) is 51.3 Å². The molecule has 1 aromatic carbocycles. The molecule has 2 rings (SSSR count). The van der Waals surface area contributed by atoms with Gasteiger partial charge in [-0.25, -0.2) is 0 Å². The van der Waals surface area contributed by atoms with Gasteiger partial charge in [0, 0.05) is 20.6 Å². The van der Waals surface area contributed by atoms with Crippen LogP contribution in [-0.2, 0) is 9.59 Å². The number of carbonyl (C=O) groups excluding carboxylic acids is 2. The Morgan fingerprint density at radius 2 is 1.92 bits per heavy atom. The Balaban J connectivity index is 1.97. The standard InChI is InChI=1S/C20H31N3O2/c1-14-9-6-7-11-18(14)15(2)21-19(24)16(3)23-12-8-10-17(13-23)20(25)22(4)5/h6-7,9,11,15-17H,8,10,12-13H2,1-5H3,(H,21,24). The average Bonchev–Trinajstić information content (AvgIpc) is 2.60. The Labute approximate surface area is 151 Å². The lowest BCUT2D eigenvalue weighted by Gasteiger charge is -2.36. The molecule has 0 radical (unpaired) electrons. The lowest BCUT2D eigenvalue weighted by molar-refractivity contribution is -0.137. The zero-order chi connectivity index (χ0) is 18.6. The molecular formula is C20H31N3O2. The third kappa shape index (κ3) is 4.82. The zero-order valence-corrected chi connectivity index (χ0v) is 16.1. The number of hydrogen-bond donors (Lipinski definition) is 1. The van der Waals surface area contributed by atoms with Crippen molar-refractivity contribution in [1.82, 2.24) is 15.1 Å². The molecule has 138 valence electrons. The maximum Gasteiger partial charge on any atom is 0.237 e. The van der Waals surface area contributed by atoms with E-state index >= 15 is 0 Å². The van der Waals surface area contributed by atoms with E-state index in [0.717, 1.165) is 24.9 Å². The topological polar surface area (TPSA) is 52.7 Å². The second kappa shape index (κ2) is 8.48. The van der Waals surface area contributed by atoms with Crippen molar-refractivity contribution in [2.75, 3.05) is 27.2 Å². The second-order valence-corrected chi connectivity index (χ2v) is 7.33. The van der Waals surface area contributed by atoms with E-state index in [2.05, 4.69) is 29.3 Å². The van der Waals surface area contributed by atoms with Crippen LogP contribution in [0.1, 0.15) is 43.9 Å². The van der Waals surface area contributed by atoms with E-state index in [-0.39, 0.29) is 29.8 Å². The largest absolute Gasteiger partial charge is 0.349 e. The van der Waals surface area contributed by atoms with E-state index in [1.807, 2.05) is 26.0 Å². The average molecular weight is 345 g/mol. The minimum atomic E-state index is -0.232. The number of aryl methyl sites for hydroxylation is 1. The molecule has 25 heavy (non-hydrogen) atoms. The van der Waals surface area contributed by atoms with Crippen molar-refractivity contribution in [2.24, 2.45) is 5.92 Å². The Morgan fingerprint density at radius 1 is 1.24 bits per heavy atom. The van der Waals surface area contributed by atoms with Gasteiger partial charge in [-0.2, -0.15) is 0 Å². The smallest absolute Gasteiger partial charge is 0.237 e. The van der Waals surface area contributed by atoms with Gasteiger partial charge in [0.25, 0.3) is 0 Å². The summed E-state index contributed by atoms with van der Waals surface area (Å²) in [6.45, 7) is 7.53. The number of rotatable bonds is 5. The molecule has 5 nitrogen and oxygen atoms in total. The molecule has 1 fully saturated rings. The molecule has 0 aromatic heterocycles. The molecule has 1 aromatic rings. The Hall–Kier alpha value is -1.88. The lowest BCUT2D eigenvalue weighted by Crippen LogP contribution is -2.51. The summed E-state index contributed by atoms with van der Waals surface area (Å²) in [5.74, 6) is 0.173. The summed E-state index contributed by atoms with van der Waals surface area (Å²) in [7, 11) is 3.59. The summed E-state index contributed by atoms with van der Waals surface area (Å²) < 4.78 is 0. The molecule has 5 heteroatoms. The number of nitrogens with one attached hydrogen (secondary N) is 1. The summed E-state index contributed by atoms with van der Waals surface area (Å²) in [5.41, 5.74) is 2.32. The van der Waals surface area contributed by atoms with Gasteiger partial charge in [-0.3, -0.25) is 14.5 Å². The summed E-state index contributed by atoms with van der Waals surface area (Å²) in [5, 5.41) is 3.12. The fraction of sp³-hybridized carbons (Fsp3) is 0.600. The number of likely N-dealkylation sites (tertiary alicyclic amines) is 1. The van der Waals surface area contributed by atoms with Gasteiger partial charge in [-0.15, -0.1) is 0 Å². The molecule has 0 saturated carbocycles. The summed E-state index contributed by atoms with van der Waals surface area (Å²) in [4.78, 5) is 28.7. The highest BCUT2D eigenvalue weighted by atomic mass is 16.2. The van der Waals surface area contributed by atoms with E-state index in [9.17, 15) is 9.59 Å². The van der Waals surface area contributed by atoms with E-state index in [0.29, 0.717) is 6.54 Å². The molecular weight excluding hydrogens is 314 g/mol. The third-order valence-corrected chi connectivity index (χ3v) is 5.18. The monoisotopic (exact) mass is 345 g/mol. The van der Waals surface area contributed by atoms with Crippen molar-refractivity contribution in [3.8, 4) is 0 Å². The SMILES string of the molecule is Cc1ccccc1C(C)NC(=O)C(C)N1CCCC(C(=O)N(C)C)C1. The van der Waals surface area contributed by atoms with Crippen LogP contribution in [0.5, 0.6) is 0 Å².